The first-order valence-electron chi connectivity index (χ1n) is 4.02. The first kappa shape index (κ1) is 10.6. The maximum absolute atomic E-state index is 10.9. The van der Waals surface area contributed by atoms with Gasteiger partial charge in [-0.15, -0.1) is 0 Å². The van der Waals surface area contributed by atoms with Crippen LogP contribution >= 0.6 is 11.6 Å². The van der Waals surface area contributed by atoms with Crippen molar-refractivity contribution in [3.8, 4) is 0 Å². The fourth-order valence-electron chi connectivity index (χ4n) is 0.943. The third-order valence-corrected chi connectivity index (χ3v) is 1.99. The van der Waals surface area contributed by atoms with Crippen LogP contribution in [0.3, 0.4) is 0 Å². The van der Waals surface area contributed by atoms with E-state index in [1.807, 2.05) is 0 Å². The van der Waals surface area contributed by atoms with E-state index in [0.717, 1.165) is 6.08 Å². The molecule has 1 rings (SSSR count). The number of hydrogen-bond acceptors (Lipinski definition) is 2. The number of nitrogens with one attached hydrogen (secondary N) is 1. The van der Waals surface area contributed by atoms with E-state index < -0.39 is 0 Å². The van der Waals surface area contributed by atoms with Crippen LogP contribution in [0.1, 0.15) is 5.56 Å². The van der Waals surface area contributed by atoms with Crippen molar-refractivity contribution in [1.29, 1.82) is 0 Å². The molecular weight excluding hydrogens is 202 g/mol. The number of carbonyl (C=O) groups excluding carboxylic acids is 1. The summed E-state index contributed by atoms with van der Waals surface area (Å²) in [5.41, 5.74) is 0.442. The number of carbonyl (C=O) groups is 1. The van der Waals surface area contributed by atoms with Gasteiger partial charge in [-0.2, -0.15) is 0 Å². The van der Waals surface area contributed by atoms with Crippen LogP contribution in [0.2, 0.25) is 5.02 Å². The zero-order valence-corrected chi connectivity index (χ0v) is 8.38. The minimum atomic E-state index is -0.373. The maximum Gasteiger partial charge on any atom is 0.247 e. The Kier molecular flexibility index (Phi) is 3.54. The van der Waals surface area contributed by atoms with E-state index in [9.17, 15) is 9.90 Å². The maximum atomic E-state index is 10.9. The lowest BCUT2D eigenvalue weighted by Crippen LogP contribution is -2.14. The second-order valence-corrected chi connectivity index (χ2v) is 3.03. The first-order chi connectivity index (χ1) is 6.65. The lowest BCUT2D eigenvalue weighted by atomic mass is 10.2. The quantitative estimate of drug-likeness (QED) is 0.581. The van der Waals surface area contributed by atoms with Gasteiger partial charge in [0, 0.05) is 18.7 Å². The Labute approximate surface area is 87.0 Å². The summed E-state index contributed by atoms with van der Waals surface area (Å²) in [6, 6.07) is 6.76. The van der Waals surface area contributed by atoms with E-state index >= 15 is 0 Å². The number of amides is 1. The van der Waals surface area contributed by atoms with E-state index in [1.165, 1.54) is 7.05 Å². The molecule has 0 aliphatic rings. The average Bonchev–Trinajstić information content (AvgIpc) is 2.18. The van der Waals surface area contributed by atoms with Crippen molar-refractivity contribution in [2.24, 2.45) is 0 Å². The summed E-state index contributed by atoms with van der Waals surface area (Å²) < 4.78 is 0. The molecule has 0 atom stereocenters. The van der Waals surface area contributed by atoms with Crippen molar-refractivity contribution in [2.45, 2.75) is 0 Å². The minimum Gasteiger partial charge on any atom is -0.507 e. The summed E-state index contributed by atoms with van der Waals surface area (Å²) in [5, 5.41) is 12.3. The van der Waals surface area contributed by atoms with Gasteiger partial charge in [0.05, 0.1) is 5.02 Å². The highest BCUT2D eigenvalue weighted by Crippen LogP contribution is 2.21. The third-order valence-electron chi connectivity index (χ3n) is 1.66. The van der Waals surface area contributed by atoms with Gasteiger partial charge in [0.25, 0.3) is 0 Å². The van der Waals surface area contributed by atoms with Crippen LogP contribution in [-0.2, 0) is 4.79 Å². The number of likely N-dealkylation sites (N-methyl/N-ethyl adjacent to an activating group) is 1. The summed E-state index contributed by atoms with van der Waals surface area (Å²) in [7, 11) is 1.48. The molecular formula is C10H10ClNO2. The molecule has 0 saturated heterocycles. The van der Waals surface area contributed by atoms with Gasteiger partial charge in [-0.25, -0.2) is 0 Å². The Hall–Kier alpha value is -1.48. The number of aliphatic hydroxyl groups is 1. The van der Waals surface area contributed by atoms with Gasteiger partial charge in [-0.1, -0.05) is 23.7 Å². The molecule has 0 aromatic heterocycles. The highest BCUT2D eigenvalue weighted by atomic mass is 35.5. The van der Waals surface area contributed by atoms with Crippen LogP contribution in [-0.4, -0.2) is 18.1 Å². The molecule has 0 heterocycles. The zero-order chi connectivity index (χ0) is 10.6. The van der Waals surface area contributed by atoms with E-state index in [1.54, 1.807) is 24.3 Å². The van der Waals surface area contributed by atoms with Crippen molar-refractivity contribution in [2.75, 3.05) is 7.05 Å². The molecule has 1 amide bonds. The highest BCUT2D eigenvalue weighted by molar-refractivity contribution is 6.32. The molecule has 0 aliphatic carbocycles. The van der Waals surface area contributed by atoms with Crippen LogP contribution < -0.4 is 5.32 Å². The van der Waals surface area contributed by atoms with Gasteiger partial charge in [-0.3, -0.25) is 4.79 Å². The number of benzene rings is 1. The van der Waals surface area contributed by atoms with E-state index in [2.05, 4.69) is 5.32 Å². The Morgan fingerprint density at radius 1 is 1.50 bits per heavy atom. The van der Waals surface area contributed by atoms with Crippen molar-refractivity contribution in [3.63, 3.8) is 0 Å². The zero-order valence-electron chi connectivity index (χ0n) is 7.62. The predicted octanol–water partition coefficient (Wildman–Crippen LogP) is 1.98. The molecule has 4 heteroatoms. The number of hydrogen-bond donors (Lipinski definition) is 2. The molecule has 74 valence electrons. The number of aliphatic hydroxyl groups excluding tert-OH is 1. The fourth-order valence-corrected chi connectivity index (χ4v) is 1.18. The molecule has 0 spiro atoms. The average molecular weight is 212 g/mol. The first-order valence-corrected chi connectivity index (χ1v) is 4.40. The monoisotopic (exact) mass is 211 g/mol. The Morgan fingerprint density at radius 3 is 2.71 bits per heavy atom. The van der Waals surface area contributed by atoms with Crippen molar-refractivity contribution >= 4 is 23.3 Å². The van der Waals surface area contributed by atoms with E-state index in [-0.39, 0.29) is 11.7 Å². The largest absolute Gasteiger partial charge is 0.507 e. The van der Waals surface area contributed by atoms with Gasteiger partial charge in [0.1, 0.15) is 5.76 Å². The lowest BCUT2D eigenvalue weighted by Gasteiger charge is -2.01. The molecule has 2 N–H and O–H groups in total. The Balaban J connectivity index is 3.00. The Morgan fingerprint density at radius 2 is 2.14 bits per heavy atom. The molecule has 3 nitrogen and oxygen atoms in total. The summed E-state index contributed by atoms with van der Waals surface area (Å²) in [6.07, 6.45) is 1.08. The van der Waals surface area contributed by atoms with Crippen LogP contribution in [0.25, 0.3) is 5.76 Å². The van der Waals surface area contributed by atoms with Crippen LogP contribution in [0.5, 0.6) is 0 Å². The van der Waals surface area contributed by atoms with Crippen LogP contribution in [0, 0.1) is 0 Å². The van der Waals surface area contributed by atoms with Crippen molar-refractivity contribution in [3.05, 3.63) is 40.9 Å². The molecule has 0 aliphatic heterocycles. The second kappa shape index (κ2) is 4.67. The summed E-state index contributed by atoms with van der Waals surface area (Å²) in [4.78, 5) is 10.9. The van der Waals surface area contributed by atoms with Gasteiger partial charge in [0.2, 0.25) is 5.91 Å². The van der Waals surface area contributed by atoms with Crippen molar-refractivity contribution in [1.82, 2.24) is 5.32 Å². The van der Waals surface area contributed by atoms with Crippen LogP contribution in [0.15, 0.2) is 30.3 Å². The molecule has 14 heavy (non-hydrogen) atoms. The number of halogens is 1. The highest BCUT2D eigenvalue weighted by Gasteiger charge is 2.05. The number of rotatable bonds is 2. The second-order valence-electron chi connectivity index (χ2n) is 2.62. The summed E-state index contributed by atoms with van der Waals surface area (Å²) in [6.45, 7) is 0. The molecule has 0 bridgehead atoms. The predicted molar refractivity (Wildman–Crippen MR) is 56.1 cm³/mol. The summed E-state index contributed by atoms with van der Waals surface area (Å²) in [5.74, 6) is -0.516. The topological polar surface area (TPSA) is 49.3 Å². The molecule has 0 unspecified atom stereocenters. The lowest BCUT2D eigenvalue weighted by molar-refractivity contribution is -0.116. The van der Waals surface area contributed by atoms with Gasteiger partial charge < -0.3 is 10.4 Å². The van der Waals surface area contributed by atoms with Crippen LogP contribution in [0.4, 0.5) is 0 Å². The third kappa shape index (κ3) is 2.50. The molecule has 0 radical (unpaired) electrons. The molecule has 0 saturated carbocycles. The smallest absolute Gasteiger partial charge is 0.247 e. The van der Waals surface area contributed by atoms with E-state index in [0.29, 0.717) is 10.6 Å². The molecule has 1 aromatic carbocycles. The van der Waals surface area contributed by atoms with Gasteiger partial charge >= 0.3 is 0 Å². The standard InChI is InChI=1S/C10H10ClNO2/c1-12-10(14)6-9(13)7-4-2-3-5-8(7)11/h2-6,13H,1H3,(H,12,14)/b9-6+. The van der Waals surface area contributed by atoms with Gasteiger partial charge in [-0.05, 0) is 12.1 Å². The Bertz CT molecular complexity index is 374. The minimum absolute atomic E-state index is 0.144. The fraction of sp³-hybridized carbons (Fsp3) is 0.100. The van der Waals surface area contributed by atoms with E-state index in [4.69, 9.17) is 11.6 Å². The molecule has 1 aromatic rings. The SMILES string of the molecule is CNC(=O)/C=C(/O)c1ccccc1Cl. The molecule has 0 fully saturated rings. The normalized spacial score (nSPS) is 11.1. The van der Waals surface area contributed by atoms with Gasteiger partial charge in [0.15, 0.2) is 0 Å². The van der Waals surface area contributed by atoms with Crippen molar-refractivity contribution < 1.29 is 9.90 Å². The summed E-state index contributed by atoms with van der Waals surface area (Å²) >= 11 is 5.81.